The maximum atomic E-state index is 11.8. The SMILES string of the molecule is CCCCCCCCOC(=O)C(CCCC)NC(=O)O. The second kappa shape index (κ2) is 12.8. The molecule has 0 saturated carbocycles. The van der Waals surface area contributed by atoms with Crippen LogP contribution in [0, 0.1) is 0 Å². The average molecular weight is 287 g/mol. The van der Waals surface area contributed by atoms with E-state index in [0.717, 1.165) is 32.1 Å². The molecule has 0 aliphatic rings. The summed E-state index contributed by atoms with van der Waals surface area (Å²) >= 11 is 0. The maximum absolute atomic E-state index is 11.8. The van der Waals surface area contributed by atoms with Crippen molar-refractivity contribution >= 4 is 12.1 Å². The van der Waals surface area contributed by atoms with Crippen molar-refractivity contribution in [3.8, 4) is 0 Å². The molecule has 1 amide bonds. The summed E-state index contributed by atoms with van der Waals surface area (Å²) < 4.78 is 5.14. The minimum absolute atomic E-state index is 0.384. The van der Waals surface area contributed by atoms with Gasteiger partial charge in [-0.25, -0.2) is 9.59 Å². The number of hydrogen-bond donors (Lipinski definition) is 2. The largest absolute Gasteiger partial charge is 0.465 e. The Morgan fingerprint density at radius 3 is 2.20 bits per heavy atom. The van der Waals surface area contributed by atoms with E-state index in [0.29, 0.717) is 13.0 Å². The van der Waals surface area contributed by atoms with Crippen molar-refractivity contribution in [1.29, 1.82) is 0 Å². The highest BCUT2D eigenvalue weighted by Gasteiger charge is 2.21. The molecule has 20 heavy (non-hydrogen) atoms. The summed E-state index contributed by atoms with van der Waals surface area (Å²) in [5, 5.41) is 10.9. The molecule has 1 unspecified atom stereocenters. The van der Waals surface area contributed by atoms with E-state index in [1.807, 2.05) is 6.92 Å². The summed E-state index contributed by atoms with van der Waals surface area (Å²) in [5.41, 5.74) is 0. The van der Waals surface area contributed by atoms with Crippen molar-refractivity contribution in [1.82, 2.24) is 5.32 Å². The summed E-state index contributed by atoms with van der Waals surface area (Å²) in [5.74, 6) is -0.450. The number of nitrogens with one attached hydrogen (secondary N) is 1. The third kappa shape index (κ3) is 10.6. The standard InChI is InChI=1S/C15H29NO4/c1-3-5-7-8-9-10-12-20-14(17)13(11-6-4-2)16-15(18)19/h13,16H,3-12H2,1-2H3,(H,18,19). The molecule has 0 bridgehead atoms. The van der Waals surface area contributed by atoms with Crippen LogP contribution in [0.4, 0.5) is 4.79 Å². The molecule has 0 saturated heterocycles. The molecule has 0 fully saturated rings. The lowest BCUT2D eigenvalue weighted by atomic mass is 10.1. The van der Waals surface area contributed by atoms with Gasteiger partial charge in [-0.1, -0.05) is 58.8 Å². The van der Waals surface area contributed by atoms with Crippen LogP contribution in [0.2, 0.25) is 0 Å². The van der Waals surface area contributed by atoms with E-state index >= 15 is 0 Å². The van der Waals surface area contributed by atoms with Gasteiger partial charge in [-0.15, -0.1) is 0 Å². The van der Waals surface area contributed by atoms with Crippen LogP contribution in [-0.2, 0) is 9.53 Å². The summed E-state index contributed by atoms with van der Waals surface area (Å²) in [6.07, 6.45) is 7.81. The summed E-state index contributed by atoms with van der Waals surface area (Å²) in [4.78, 5) is 22.4. The van der Waals surface area contributed by atoms with Crippen molar-refractivity contribution in [3.63, 3.8) is 0 Å². The Bertz CT molecular complexity index is 269. The van der Waals surface area contributed by atoms with Gasteiger partial charge in [-0.05, 0) is 12.8 Å². The van der Waals surface area contributed by atoms with Crippen molar-refractivity contribution < 1.29 is 19.4 Å². The molecule has 0 aliphatic carbocycles. The third-order valence-corrected chi connectivity index (χ3v) is 3.17. The van der Waals surface area contributed by atoms with Gasteiger partial charge in [0.25, 0.3) is 0 Å². The molecule has 5 heteroatoms. The Labute approximate surface area is 122 Å². The zero-order valence-corrected chi connectivity index (χ0v) is 12.8. The topological polar surface area (TPSA) is 75.6 Å². The number of carbonyl (C=O) groups excluding carboxylic acids is 1. The zero-order chi connectivity index (χ0) is 15.2. The lowest BCUT2D eigenvalue weighted by Crippen LogP contribution is -2.41. The molecule has 0 aromatic heterocycles. The van der Waals surface area contributed by atoms with Crippen molar-refractivity contribution in [2.45, 2.75) is 77.7 Å². The predicted molar refractivity (Wildman–Crippen MR) is 78.8 cm³/mol. The predicted octanol–water partition coefficient (Wildman–Crippen LogP) is 3.72. The van der Waals surface area contributed by atoms with E-state index in [1.165, 1.54) is 19.3 Å². The minimum Gasteiger partial charge on any atom is -0.465 e. The van der Waals surface area contributed by atoms with Crippen LogP contribution in [0.5, 0.6) is 0 Å². The van der Waals surface area contributed by atoms with E-state index in [4.69, 9.17) is 9.84 Å². The van der Waals surface area contributed by atoms with Gasteiger partial charge in [-0.3, -0.25) is 0 Å². The zero-order valence-electron chi connectivity index (χ0n) is 12.8. The number of carbonyl (C=O) groups is 2. The molecule has 5 nitrogen and oxygen atoms in total. The second-order valence-electron chi connectivity index (χ2n) is 5.08. The highest BCUT2D eigenvalue weighted by Crippen LogP contribution is 2.07. The van der Waals surface area contributed by atoms with Crippen LogP contribution in [0.3, 0.4) is 0 Å². The van der Waals surface area contributed by atoms with Crippen molar-refractivity contribution in [2.75, 3.05) is 6.61 Å². The first-order valence-electron chi connectivity index (χ1n) is 7.77. The van der Waals surface area contributed by atoms with Gasteiger partial charge in [0.15, 0.2) is 0 Å². The van der Waals surface area contributed by atoms with Gasteiger partial charge in [0, 0.05) is 0 Å². The van der Waals surface area contributed by atoms with E-state index in [2.05, 4.69) is 12.2 Å². The maximum Gasteiger partial charge on any atom is 0.405 e. The van der Waals surface area contributed by atoms with Gasteiger partial charge in [-0.2, -0.15) is 0 Å². The van der Waals surface area contributed by atoms with Crippen LogP contribution in [0.15, 0.2) is 0 Å². The van der Waals surface area contributed by atoms with Gasteiger partial charge in [0.1, 0.15) is 6.04 Å². The molecule has 118 valence electrons. The molecular weight excluding hydrogens is 258 g/mol. The summed E-state index contributed by atoms with van der Waals surface area (Å²) in [6.45, 7) is 4.56. The van der Waals surface area contributed by atoms with Crippen molar-refractivity contribution in [2.24, 2.45) is 0 Å². The number of rotatable bonds is 12. The van der Waals surface area contributed by atoms with E-state index in [-0.39, 0.29) is 0 Å². The average Bonchev–Trinajstić information content (AvgIpc) is 2.41. The molecular formula is C15H29NO4. The molecule has 1 atom stereocenters. The number of esters is 1. The molecule has 2 N–H and O–H groups in total. The molecule has 0 aromatic carbocycles. The second-order valence-corrected chi connectivity index (χ2v) is 5.08. The van der Waals surface area contributed by atoms with E-state index in [1.54, 1.807) is 0 Å². The van der Waals surface area contributed by atoms with Gasteiger partial charge in [0.05, 0.1) is 6.61 Å². The van der Waals surface area contributed by atoms with Gasteiger partial charge < -0.3 is 15.2 Å². The van der Waals surface area contributed by atoms with Crippen LogP contribution >= 0.6 is 0 Å². The first kappa shape index (κ1) is 18.7. The van der Waals surface area contributed by atoms with Crippen LogP contribution in [0.25, 0.3) is 0 Å². The minimum atomic E-state index is -1.18. The molecule has 0 rings (SSSR count). The Kier molecular flexibility index (Phi) is 12.0. The Hall–Kier alpha value is -1.26. The molecule has 0 spiro atoms. The fourth-order valence-corrected chi connectivity index (χ4v) is 1.96. The van der Waals surface area contributed by atoms with Crippen molar-refractivity contribution in [3.05, 3.63) is 0 Å². The number of carboxylic acid groups (broad SMARTS) is 1. The molecule has 0 aliphatic heterocycles. The smallest absolute Gasteiger partial charge is 0.405 e. The quantitative estimate of drug-likeness (QED) is 0.424. The fraction of sp³-hybridized carbons (Fsp3) is 0.867. The number of unbranched alkanes of at least 4 members (excludes halogenated alkanes) is 6. The molecule has 0 heterocycles. The van der Waals surface area contributed by atoms with E-state index < -0.39 is 18.1 Å². The number of amides is 1. The van der Waals surface area contributed by atoms with Crippen LogP contribution in [0.1, 0.15) is 71.6 Å². The summed E-state index contributed by atoms with van der Waals surface area (Å²) in [6, 6.07) is -0.729. The van der Waals surface area contributed by atoms with Crippen LogP contribution < -0.4 is 5.32 Å². The Balaban J connectivity index is 3.79. The monoisotopic (exact) mass is 287 g/mol. The van der Waals surface area contributed by atoms with E-state index in [9.17, 15) is 9.59 Å². The third-order valence-electron chi connectivity index (χ3n) is 3.17. The molecule has 0 radical (unpaired) electrons. The first-order chi connectivity index (χ1) is 9.61. The lowest BCUT2D eigenvalue weighted by molar-refractivity contribution is -0.146. The molecule has 0 aromatic rings. The van der Waals surface area contributed by atoms with Gasteiger partial charge >= 0.3 is 12.1 Å². The van der Waals surface area contributed by atoms with Gasteiger partial charge in [0.2, 0.25) is 0 Å². The number of hydrogen-bond acceptors (Lipinski definition) is 3. The normalized spacial score (nSPS) is 11.9. The summed E-state index contributed by atoms with van der Waals surface area (Å²) in [7, 11) is 0. The lowest BCUT2D eigenvalue weighted by Gasteiger charge is -2.15. The number of ether oxygens (including phenoxy) is 1. The highest BCUT2D eigenvalue weighted by atomic mass is 16.5. The Morgan fingerprint density at radius 1 is 1.00 bits per heavy atom. The first-order valence-corrected chi connectivity index (χ1v) is 7.77. The van der Waals surface area contributed by atoms with Crippen LogP contribution in [-0.4, -0.2) is 29.8 Å². The highest BCUT2D eigenvalue weighted by molar-refractivity contribution is 5.80. The fourth-order valence-electron chi connectivity index (χ4n) is 1.96. The Morgan fingerprint density at radius 2 is 1.60 bits per heavy atom.